The fraction of sp³-hybridized carbons (Fsp3) is 0.417. The number of hydrogen-bond donors (Lipinski definition) is 2. The predicted octanol–water partition coefficient (Wildman–Crippen LogP) is 3.39. The number of carbonyl (C=O) groups is 1. The number of aryl methyl sites for hydroxylation is 2. The summed E-state index contributed by atoms with van der Waals surface area (Å²) in [7, 11) is -2.37. The predicted molar refractivity (Wildman–Crippen MR) is 127 cm³/mol. The lowest BCUT2D eigenvalue weighted by Gasteiger charge is -2.16. The van der Waals surface area contributed by atoms with Crippen molar-refractivity contribution in [2.24, 2.45) is 0 Å². The smallest absolute Gasteiger partial charge is 0.251 e. The van der Waals surface area contributed by atoms with Crippen LogP contribution in [-0.4, -0.2) is 43.6 Å². The first-order valence-corrected chi connectivity index (χ1v) is 12.8. The zero-order valence-electron chi connectivity index (χ0n) is 19.0. The Morgan fingerprint density at radius 3 is 2.70 bits per heavy atom. The molecule has 3 aromatic rings. The number of ether oxygens (including phenoxy) is 1. The lowest BCUT2D eigenvalue weighted by atomic mass is 10.2. The molecule has 2 aromatic carbocycles. The molecule has 1 heterocycles. The molecule has 8 nitrogen and oxygen atoms in total. The van der Waals surface area contributed by atoms with Crippen molar-refractivity contribution >= 4 is 27.0 Å². The molecule has 1 aromatic heterocycles. The average Bonchev–Trinajstić information content (AvgIpc) is 3.42. The van der Waals surface area contributed by atoms with Gasteiger partial charge in [0, 0.05) is 24.7 Å². The van der Waals surface area contributed by atoms with Crippen LogP contribution in [0.3, 0.4) is 0 Å². The Morgan fingerprint density at radius 2 is 1.94 bits per heavy atom. The van der Waals surface area contributed by atoms with Crippen molar-refractivity contribution in [3.63, 3.8) is 0 Å². The van der Waals surface area contributed by atoms with Gasteiger partial charge in [0.2, 0.25) is 10.0 Å². The third kappa shape index (κ3) is 5.20. The van der Waals surface area contributed by atoms with Crippen LogP contribution in [-0.2, 0) is 16.6 Å². The van der Waals surface area contributed by atoms with Crippen molar-refractivity contribution < 1.29 is 17.9 Å². The van der Waals surface area contributed by atoms with Gasteiger partial charge >= 0.3 is 0 Å². The summed E-state index contributed by atoms with van der Waals surface area (Å²) in [6.45, 7) is 3.15. The molecule has 0 unspecified atom stereocenters. The van der Waals surface area contributed by atoms with Gasteiger partial charge in [0.1, 0.15) is 16.5 Å². The Balaban J connectivity index is 1.40. The van der Waals surface area contributed by atoms with Gasteiger partial charge in [0.05, 0.1) is 18.1 Å². The summed E-state index contributed by atoms with van der Waals surface area (Å²) >= 11 is 0. The molecule has 0 bridgehead atoms. The van der Waals surface area contributed by atoms with Gasteiger partial charge in [-0.25, -0.2) is 18.1 Å². The Morgan fingerprint density at radius 1 is 1.18 bits per heavy atom. The van der Waals surface area contributed by atoms with Crippen LogP contribution in [0.25, 0.3) is 11.0 Å². The molecule has 0 saturated heterocycles. The molecular formula is C24H30N4O4S. The molecule has 33 heavy (non-hydrogen) atoms. The molecule has 0 spiro atoms. The summed E-state index contributed by atoms with van der Waals surface area (Å²) in [5.74, 6) is 0.837. The summed E-state index contributed by atoms with van der Waals surface area (Å²) < 4.78 is 36.0. The van der Waals surface area contributed by atoms with E-state index in [1.807, 2.05) is 31.2 Å². The monoisotopic (exact) mass is 470 g/mol. The molecule has 1 aliphatic carbocycles. The number of nitrogens with zero attached hydrogens (tertiary/aromatic N) is 2. The summed E-state index contributed by atoms with van der Waals surface area (Å²) in [5, 5.41) is 2.89. The molecule has 176 valence electrons. The number of amides is 1. The Bertz CT molecular complexity index is 1250. The number of imidazole rings is 1. The van der Waals surface area contributed by atoms with E-state index < -0.39 is 10.0 Å². The quantitative estimate of drug-likeness (QED) is 0.467. The van der Waals surface area contributed by atoms with E-state index in [0.717, 1.165) is 55.5 Å². The number of rotatable bonds is 9. The minimum atomic E-state index is -3.79. The Labute approximate surface area is 194 Å². The highest BCUT2D eigenvalue weighted by Gasteiger charge is 2.26. The first kappa shape index (κ1) is 23.3. The van der Waals surface area contributed by atoms with Gasteiger partial charge in [0.15, 0.2) is 0 Å². The summed E-state index contributed by atoms with van der Waals surface area (Å²) in [6.07, 6.45) is 4.40. The van der Waals surface area contributed by atoms with E-state index in [4.69, 9.17) is 4.74 Å². The maximum absolute atomic E-state index is 12.9. The van der Waals surface area contributed by atoms with Crippen LogP contribution >= 0.6 is 0 Å². The molecular weight excluding hydrogens is 440 g/mol. The molecule has 1 amide bonds. The maximum atomic E-state index is 12.9. The van der Waals surface area contributed by atoms with Crippen LogP contribution < -0.4 is 14.8 Å². The number of methoxy groups -OCH3 is 1. The standard InChI is InChI=1S/C24H30N4O4S/c1-17-26-20-10-5-6-11-21(20)28(17)15-7-14-25-24(29)18-12-13-22(32-2)23(16-18)33(30,31)27-19-8-3-4-9-19/h5-6,10-13,16,19,27H,3-4,7-9,14-15H2,1-2H3,(H,25,29). The molecule has 9 heteroatoms. The summed E-state index contributed by atoms with van der Waals surface area (Å²) in [5.41, 5.74) is 2.31. The molecule has 0 aliphatic heterocycles. The molecule has 1 aliphatic rings. The number of sulfonamides is 1. The summed E-state index contributed by atoms with van der Waals surface area (Å²) in [4.78, 5) is 17.3. The van der Waals surface area contributed by atoms with Gasteiger partial charge in [-0.3, -0.25) is 4.79 Å². The van der Waals surface area contributed by atoms with E-state index in [2.05, 4.69) is 19.6 Å². The van der Waals surface area contributed by atoms with Crippen molar-refractivity contribution in [1.82, 2.24) is 19.6 Å². The topological polar surface area (TPSA) is 102 Å². The van der Waals surface area contributed by atoms with Crippen LogP contribution in [0.1, 0.15) is 48.3 Å². The molecule has 1 saturated carbocycles. The number of para-hydroxylation sites is 2. The zero-order valence-corrected chi connectivity index (χ0v) is 19.8. The highest BCUT2D eigenvalue weighted by molar-refractivity contribution is 7.89. The van der Waals surface area contributed by atoms with E-state index in [-0.39, 0.29) is 28.2 Å². The van der Waals surface area contributed by atoms with Crippen molar-refractivity contribution in [1.29, 1.82) is 0 Å². The molecule has 1 fully saturated rings. The normalized spacial score (nSPS) is 14.6. The Kier molecular flexibility index (Phi) is 6.99. The van der Waals surface area contributed by atoms with Gasteiger partial charge < -0.3 is 14.6 Å². The fourth-order valence-corrected chi connectivity index (χ4v) is 5.87. The maximum Gasteiger partial charge on any atom is 0.251 e. The van der Waals surface area contributed by atoms with Crippen LogP contribution in [0, 0.1) is 6.92 Å². The number of benzene rings is 2. The van der Waals surface area contributed by atoms with Crippen molar-refractivity contribution in [3.8, 4) is 5.75 Å². The minimum Gasteiger partial charge on any atom is -0.495 e. The second-order valence-corrected chi connectivity index (χ2v) is 10.1. The van der Waals surface area contributed by atoms with Crippen molar-refractivity contribution in [2.75, 3.05) is 13.7 Å². The zero-order chi connectivity index (χ0) is 23.4. The fourth-order valence-electron chi connectivity index (χ4n) is 4.37. The van der Waals surface area contributed by atoms with Crippen LogP contribution in [0.15, 0.2) is 47.4 Å². The number of carbonyl (C=O) groups excluding carboxylic acids is 1. The summed E-state index contributed by atoms with van der Waals surface area (Å²) in [6, 6.07) is 12.4. The van der Waals surface area contributed by atoms with Crippen LogP contribution in [0.5, 0.6) is 5.75 Å². The molecule has 0 atom stereocenters. The minimum absolute atomic E-state index is 0.00920. The van der Waals surface area contributed by atoms with Crippen LogP contribution in [0.2, 0.25) is 0 Å². The van der Waals surface area contributed by atoms with Gasteiger partial charge in [0.25, 0.3) is 5.91 Å². The van der Waals surface area contributed by atoms with Gasteiger partial charge in [-0.15, -0.1) is 0 Å². The lowest BCUT2D eigenvalue weighted by molar-refractivity contribution is 0.0952. The SMILES string of the molecule is COc1ccc(C(=O)NCCCn2c(C)nc3ccccc32)cc1S(=O)(=O)NC1CCCC1. The van der Waals surface area contributed by atoms with Crippen molar-refractivity contribution in [3.05, 3.63) is 53.9 Å². The largest absolute Gasteiger partial charge is 0.495 e. The second kappa shape index (κ2) is 9.93. The van der Waals surface area contributed by atoms with E-state index >= 15 is 0 Å². The number of aromatic nitrogens is 2. The highest BCUT2D eigenvalue weighted by atomic mass is 32.2. The average molecular weight is 471 g/mol. The van der Waals surface area contributed by atoms with Gasteiger partial charge in [-0.05, 0) is 56.5 Å². The molecule has 0 radical (unpaired) electrons. The first-order chi connectivity index (χ1) is 15.9. The highest BCUT2D eigenvalue weighted by Crippen LogP contribution is 2.27. The molecule has 2 N–H and O–H groups in total. The molecule has 4 rings (SSSR count). The second-order valence-electron chi connectivity index (χ2n) is 8.38. The number of hydrogen-bond acceptors (Lipinski definition) is 5. The third-order valence-corrected chi connectivity index (χ3v) is 7.62. The first-order valence-electron chi connectivity index (χ1n) is 11.3. The Hall–Kier alpha value is -2.91. The number of fused-ring (bicyclic) bond motifs is 1. The van der Waals surface area contributed by atoms with E-state index in [0.29, 0.717) is 6.54 Å². The van der Waals surface area contributed by atoms with Crippen LogP contribution in [0.4, 0.5) is 0 Å². The van der Waals surface area contributed by atoms with E-state index in [1.165, 1.54) is 19.2 Å². The van der Waals surface area contributed by atoms with Gasteiger partial charge in [-0.1, -0.05) is 25.0 Å². The van der Waals surface area contributed by atoms with Gasteiger partial charge in [-0.2, -0.15) is 0 Å². The van der Waals surface area contributed by atoms with Crippen molar-refractivity contribution in [2.45, 2.75) is 56.5 Å². The van der Waals surface area contributed by atoms with E-state index in [9.17, 15) is 13.2 Å². The number of nitrogens with one attached hydrogen (secondary N) is 2. The lowest BCUT2D eigenvalue weighted by Crippen LogP contribution is -2.33. The third-order valence-electron chi connectivity index (χ3n) is 6.08. The van der Waals surface area contributed by atoms with E-state index in [1.54, 1.807) is 6.07 Å².